The summed E-state index contributed by atoms with van der Waals surface area (Å²) < 4.78 is 26.9. The molecule has 0 radical (unpaired) electrons. The minimum atomic E-state index is -3.87. The van der Waals surface area contributed by atoms with E-state index in [0.29, 0.717) is 0 Å². The molecule has 24 heavy (non-hydrogen) atoms. The number of nitrogens with zero attached hydrogens (tertiary/aromatic N) is 3. The molecule has 0 saturated carbocycles. The predicted molar refractivity (Wildman–Crippen MR) is 88.5 cm³/mol. The molecule has 2 aromatic carbocycles. The number of fused-ring (bicyclic) bond motifs is 1. The highest BCUT2D eigenvalue weighted by molar-refractivity contribution is 7.92. The van der Waals surface area contributed by atoms with E-state index < -0.39 is 14.9 Å². The quantitative estimate of drug-likeness (QED) is 0.562. The lowest BCUT2D eigenvalue weighted by Crippen LogP contribution is -2.14. The molecule has 0 fully saturated rings. The number of halogens is 1. The number of nitro benzene ring substituents is 1. The first-order valence-electron chi connectivity index (χ1n) is 6.56. The smallest absolute Gasteiger partial charge is 0.261 e. The first kappa shape index (κ1) is 16.1. The first-order valence-corrected chi connectivity index (χ1v) is 8.42. The van der Waals surface area contributed by atoms with Crippen molar-refractivity contribution in [3.63, 3.8) is 0 Å². The molecule has 0 amide bonds. The number of hydrogen-bond donors (Lipinski definition) is 1. The monoisotopic (exact) mass is 364 g/mol. The highest BCUT2D eigenvalue weighted by Crippen LogP contribution is 2.26. The Morgan fingerprint density at radius 1 is 1.04 bits per heavy atom. The fraction of sp³-hybridized carbons (Fsp3) is 0. The third-order valence-corrected chi connectivity index (χ3v) is 4.72. The molecule has 3 rings (SSSR count). The van der Waals surface area contributed by atoms with Crippen LogP contribution >= 0.6 is 11.6 Å². The third kappa shape index (κ3) is 3.12. The Bertz CT molecular complexity index is 1040. The van der Waals surface area contributed by atoms with Gasteiger partial charge in [0, 0.05) is 12.1 Å². The molecule has 1 heterocycles. The molecule has 0 aliphatic carbocycles. The van der Waals surface area contributed by atoms with Crippen LogP contribution in [0.1, 0.15) is 0 Å². The van der Waals surface area contributed by atoms with Crippen LogP contribution in [-0.2, 0) is 10.0 Å². The Labute approximate surface area is 141 Å². The number of nitrogens with one attached hydrogen (secondary N) is 1. The molecular weight excluding hydrogens is 356 g/mol. The van der Waals surface area contributed by atoms with Crippen LogP contribution in [0.3, 0.4) is 0 Å². The third-order valence-electron chi connectivity index (χ3n) is 3.10. The van der Waals surface area contributed by atoms with Gasteiger partial charge in [0.05, 0.1) is 20.9 Å². The van der Waals surface area contributed by atoms with Gasteiger partial charge in [-0.05, 0) is 18.2 Å². The lowest BCUT2D eigenvalue weighted by Gasteiger charge is -2.09. The zero-order valence-electron chi connectivity index (χ0n) is 11.9. The number of non-ortho nitro benzene ring substituents is 1. The van der Waals surface area contributed by atoms with Gasteiger partial charge in [0.25, 0.3) is 15.7 Å². The van der Waals surface area contributed by atoms with E-state index in [2.05, 4.69) is 14.7 Å². The molecule has 10 heteroatoms. The highest BCUT2D eigenvalue weighted by Gasteiger charge is 2.18. The number of nitro groups is 1. The van der Waals surface area contributed by atoms with E-state index in [9.17, 15) is 18.5 Å². The van der Waals surface area contributed by atoms with E-state index in [0.717, 1.165) is 0 Å². The van der Waals surface area contributed by atoms with Crippen LogP contribution in [-0.4, -0.2) is 23.3 Å². The second kappa shape index (κ2) is 6.02. The molecular formula is C14H9ClN4O4S. The minimum Gasteiger partial charge on any atom is -0.261 e. The Balaban J connectivity index is 2.03. The van der Waals surface area contributed by atoms with E-state index in [-0.39, 0.29) is 32.6 Å². The molecule has 0 unspecified atom stereocenters. The van der Waals surface area contributed by atoms with Crippen molar-refractivity contribution in [2.45, 2.75) is 4.90 Å². The number of benzene rings is 2. The van der Waals surface area contributed by atoms with Gasteiger partial charge >= 0.3 is 0 Å². The molecule has 0 atom stereocenters. The number of rotatable bonds is 4. The van der Waals surface area contributed by atoms with Gasteiger partial charge in [-0.2, -0.15) is 0 Å². The Morgan fingerprint density at radius 3 is 2.42 bits per heavy atom. The highest BCUT2D eigenvalue weighted by atomic mass is 35.5. The van der Waals surface area contributed by atoms with Gasteiger partial charge in [-0.3, -0.25) is 14.8 Å². The van der Waals surface area contributed by atoms with Crippen molar-refractivity contribution in [3.8, 4) is 0 Å². The van der Waals surface area contributed by atoms with Gasteiger partial charge in [0.2, 0.25) is 0 Å². The summed E-state index contributed by atoms with van der Waals surface area (Å²) in [6, 6.07) is 11.5. The van der Waals surface area contributed by atoms with Crippen molar-refractivity contribution in [1.29, 1.82) is 0 Å². The van der Waals surface area contributed by atoms with E-state index in [1.54, 1.807) is 18.2 Å². The number of sulfonamides is 1. The summed E-state index contributed by atoms with van der Waals surface area (Å²) in [5.41, 5.74) is 0.304. The fourth-order valence-electron chi connectivity index (χ4n) is 1.99. The Kier molecular flexibility index (Phi) is 4.04. The van der Waals surface area contributed by atoms with Crippen molar-refractivity contribution in [1.82, 2.24) is 9.97 Å². The molecule has 0 spiro atoms. The minimum absolute atomic E-state index is 0.0478. The van der Waals surface area contributed by atoms with Crippen LogP contribution in [0.2, 0.25) is 5.15 Å². The summed E-state index contributed by atoms with van der Waals surface area (Å²) in [4.78, 5) is 18.3. The van der Waals surface area contributed by atoms with Gasteiger partial charge in [0.15, 0.2) is 11.0 Å². The van der Waals surface area contributed by atoms with Gasteiger partial charge in [0.1, 0.15) is 0 Å². The maximum atomic E-state index is 12.3. The maximum Gasteiger partial charge on any atom is 0.271 e. The van der Waals surface area contributed by atoms with Crippen LogP contribution in [0.5, 0.6) is 0 Å². The van der Waals surface area contributed by atoms with Crippen molar-refractivity contribution >= 4 is 44.2 Å². The summed E-state index contributed by atoms with van der Waals surface area (Å²) in [6.07, 6.45) is 0. The van der Waals surface area contributed by atoms with Crippen molar-refractivity contribution in [3.05, 3.63) is 63.8 Å². The van der Waals surface area contributed by atoms with Crippen LogP contribution < -0.4 is 4.72 Å². The lowest BCUT2D eigenvalue weighted by atomic mass is 10.2. The van der Waals surface area contributed by atoms with Crippen LogP contribution in [0, 0.1) is 10.1 Å². The van der Waals surface area contributed by atoms with E-state index in [1.165, 1.54) is 30.3 Å². The molecule has 1 N–H and O–H groups in total. The summed E-state index contributed by atoms with van der Waals surface area (Å²) in [7, 11) is -3.87. The average molecular weight is 365 g/mol. The molecule has 0 bridgehead atoms. The SMILES string of the molecule is O=[N+]([O-])c1ccc2nc(NS(=O)(=O)c3ccccc3)c(Cl)nc2c1. The summed E-state index contributed by atoms with van der Waals surface area (Å²) in [6.45, 7) is 0. The molecule has 3 aromatic rings. The average Bonchev–Trinajstić information content (AvgIpc) is 2.55. The van der Waals surface area contributed by atoms with Gasteiger partial charge in [-0.15, -0.1) is 0 Å². The van der Waals surface area contributed by atoms with Crippen LogP contribution in [0.25, 0.3) is 11.0 Å². The molecule has 0 aliphatic heterocycles. The normalized spacial score (nSPS) is 11.4. The van der Waals surface area contributed by atoms with E-state index in [4.69, 9.17) is 11.6 Å². The Morgan fingerprint density at radius 2 is 1.75 bits per heavy atom. The zero-order chi connectivity index (χ0) is 17.3. The molecule has 122 valence electrons. The molecule has 0 saturated heterocycles. The van der Waals surface area contributed by atoms with Gasteiger partial charge in [-0.1, -0.05) is 29.8 Å². The fourth-order valence-corrected chi connectivity index (χ4v) is 3.25. The van der Waals surface area contributed by atoms with Gasteiger partial charge < -0.3 is 0 Å². The standard InChI is InChI=1S/C14H9ClN4O4S/c15-13-14(18-24(22,23)10-4-2-1-3-5-10)17-11-7-6-9(19(20)21)8-12(11)16-13/h1-8H,(H,17,18). The molecule has 8 nitrogen and oxygen atoms in total. The molecule has 1 aromatic heterocycles. The number of anilines is 1. The first-order chi connectivity index (χ1) is 11.4. The van der Waals surface area contributed by atoms with E-state index in [1.807, 2.05) is 0 Å². The summed E-state index contributed by atoms with van der Waals surface area (Å²) in [5, 5.41) is 10.6. The van der Waals surface area contributed by atoms with Crippen molar-refractivity contribution < 1.29 is 13.3 Å². The van der Waals surface area contributed by atoms with Gasteiger partial charge in [-0.25, -0.2) is 18.4 Å². The maximum absolute atomic E-state index is 12.3. The van der Waals surface area contributed by atoms with Crippen molar-refractivity contribution in [2.75, 3.05) is 4.72 Å². The second-order valence-corrected chi connectivity index (χ2v) is 6.75. The number of hydrogen-bond acceptors (Lipinski definition) is 6. The predicted octanol–water partition coefficient (Wildman–Crippen LogP) is 2.99. The van der Waals surface area contributed by atoms with Crippen LogP contribution in [0.4, 0.5) is 11.5 Å². The summed E-state index contributed by atoms with van der Waals surface area (Å²) >= 11 is 5.96. The second-order valence-electron chi connectivity index (χ2n) is 4.71. The number of aromatic nitrogens is 2. The summed E-state index contributed by atoms with van der Waals surface area (Å²) in [5.74, 6) is -0.151. The lowest BCUT2D eigenvalue weighted by molar-refractivity contribution is -0.384. The van der Waals surface area contributed by atoms with E-state index >= 15 is 0 Å². The van der Waals surface area contributed by atoms with Crippen LogP contribution in [0.15, 0.2) is 53.4 Å². The molecule has 0 aliphatic rings. The zero-order valence-corrected chi connectivity index (χ0v) is 13.5. The topological polar surface area (TPSA) is 115 Å². The largest absolute Gasteiger partial charge is 0.271 e. The Hall–Kier alpha value is -2.78. The van der Waals surface area contributed by atoms with Crippen molar-refractivity contribution in [2.24, 2.45) is 0 Å².